The molecule has 0 aliphatic rings. The van der Waals surface area contributed by atoms with Gasteiger partial charge in [-0.05, 0) is 38.0 Å². The Kier molecular flexibility index (Phi) is 3.80. The summed E-state index contributed by atoms with van der Waals surface area (Å²) in [5, 5.41) is 4.82. The summed E-state index contributed by atoms with van der Waals surface area (Å²) in [4.78, 5) is 0. The van der Waals surface area contributed by atoms with Gasteiger partial charge in [-0.1, -0.05) is 42.5 Å². The first-order valence-corrected chi connectivity index (χ1v) is 7.42. The molecule has 1 heterocycles. The molecule has 0 fully saturated rings. The monoisotopic (exact) mass is 279 g/mol. The van der Waals surface area contributed by atoms with Gasteiger partial charge in [-0.2, -0.15) is 0 Å². The van der Waals surface area contributed by atoms with Crippen LogP contribution in [0, 0.1) is 13.8 Å². The molecule has 2 aromatic carbocycles. The Hall–Kier alpha value is -2.06. The summed E-state index contributed by atoms with van der Waals surface area (Å²) in [5.41, 5.74) is 4.90. The zero-order valence-electron chi connectivity index (χ0n) is 12.8. The van der Waals surface area contributed by atoms with E-state index < -0.39 is 0 Å². The van der Waals surface area contributed by atoms with Crippen molar-refractivity contribution in [1.29, 1.82) is 0 Å². The SMILES string of the molecule is Cc1ccccc1[C@@H](C)NCc1c(C)oc2ccccc12. The minimum atomic E-state index is 0.319. The van der Waals surface area contributed by atoms with Crippen molar-refractivity contribution in [2.45, 2.75) is 33.4 Å². The lowest BCUT2D eigenvalue weighted by Crippen LogP contribution is -2.19. The standard InChI is InChI=1S/C19H21NO/c1-13-8-4-5-9-16(13)14(2)20-12-18-15(3)21-19-11-7-6-10-17(18)19/h4-11,14,20H,12H2,1-3H3/t14-/m1/s1. The number of nitrogens with one attached hydrogen (secondary N) is 1. The number of rotatable bonds is 4. The fourth-order valence-corrected chi connectivity index (χ4v) is 2.88. The van der Waals surface area contributed by atoms with Crippen molar-refractivity contribution in [2.75, 3.05) is 0 Å². The Morgan fingerprint density at radius 1 is 1.00 bits per heavy atom. The molecule has 0 unspecified atom stereocenters. The van der Waals surface area contributed by atoms with Gasteiger partial charge in [0.15, 0.2) is 0 Å². The lowest BCUT2D eigenvalue weighted by atomic mass is 10.0. The molecule has 0 radical (unpaired) electrons. The van der Waals surface area contributed by atoms with Gasteiger partial charge in [0.25, 0.3) is 0 Å². The number of aryl methyl sites for hydroxylation is 2. The average Bonchev–Trinajstić information content (AvgIpc) is 2.81. The van der Waals surface area contributed by atoms with Crippen LogP contribution in [-0.2, 0) is 6.54 Å². The minimum Gasteiger partial charge on any atom is -0.461 e. The molecule has 0 aliphatic heterocycles. The number of hydrogen-bond donors (Lipinski definition) is 1. The molecule has 0 saturated carbocycles. The molecule has 0 aliphatic carbocycles. The van der Waals surface area contributed by atoms with E-state index >= 15 is 0 Å². The normalized spacial score (nSPS) is 12.7. The number of furan rings is 1. The molecule has 1 N–H and O–H groups in total. The second kappa shape index (κ2) is 5.74. The fraction of sp³-hybridized carbons (Fsp3) is 0.263. The van der Waals surface area contributed by atoms with Gasteiger partial charge in [-0.3, -0.25) is 0 Å². The van der Waals surface area contributed by atoms with Crippen LogP contribution in [-0.4, -0.2) is 0 Å². The van der Waals surface area contributed by atoms with E-state index in [1.54, 1.807) is 0 Å². The zero-order valence-corrected chi connectivity index (χ0v) is 12.8. The Morgan fingerprint density at radius 3 is 2.52 bits per heavy atom. The van der Waals surface area contributed by atoms with E-state index in [1.807, 2.05) is 19.1 Å². The highest BCUT2D eigenvalue weighted by Gasteiger charge is 2.12. The predicted molar refractivity (Wildman–Crippen MR) is 87.4 cm³/mol. The van der Waals surface area contributed by atoms with Gasteiger partial charge >= 0.3 is 0 Å². The molecule has 0 saturated heterocycles. The van der Waals surface area contributed by atoms with Crippen LogP contribution in [0.1, 0.15) is 35.4 Å². The van der Waals surface area contributed by atoms with Crippen molar-refractivity contribution in [3.05, 3.63) is 71.0 Å². The lowest BCUT2D eigenvalue weighted by Gasteiger charge is -2.16. The van der Waals surface area contributed by atoms with E-state index in [9.17, 15) is 0 Å². The second-order valence-electron chi connectivity index (χ2n) is 5.59. The largest absolute Gasteiger partial charge is 0.461 e. The second-order valence-corrected chi connectivity index (χ2v) is 5.59. The third-order valence-corrected chi connectivity index (χ3v) is 4.14. The highest BCUT2D eigenvalue weighted by molar-refractivity contribution is 5.82. The smallest absolute Gasteiger partial charge is 0.134 e. The van der Waals surface area contributed by atoms with Crippen LogP contribution >= 0.6 is 0 Å². The Morgan fingerprint density at radius 2 is 1.71 bits per heavy atom. The van der Waals surface area contributed by atoms with Crippen LogP contribution in [0.3, 0.4) is 0 Å². The van der Waals surface area contributed by atoms with Crippen LogP contribution < -0.4 is 5.32 Å². The maximum atomic E-state index is 5.82. The highest BCUT2D eigenvalue weighted by Crippen LogP contribution is 2.26. The van der Waals surface area contributed by atoms with Crippen molar-refractivity contribution in [3.63, 3.8) is 0 Å². The quantitative estimate of drug-likeness (QED) is 0.734. The van der Waals surface area contributed by atoms with E-state index in [4.69, 9.17) is 4.42 Å². The van der Waals surface area contributed by atoms with Gasteiger partial charge in [-0.25, -0.2) is 0 Å². The van der Waals surface area contributed by atoms with Gasteiger partial charge in [0, 0.05) is 23.5 Å². The topological polar surface area (TPSA) is 25.2 Å². The average molecular weight is 279 g/mol. The van der Waals surface area contributed by atoms with Crippen LogP contribution in [0.5, 0.6) is 0 Å². The molecule has 1 atom stereocenters. The zero-order chi connectivity index (χ0) is 14.8. The predicted octanol–water partition coefficient (Wildman–Crippen LogP) is 4.90. The van der Waals surface area contributed by atoms with E-state index in [2.05, 4.69) is 55.6 Å². The number of hydrogen-bond acceptors (Lipinski definition) is 2. The Balaban J connectivity index is 1.81. The minimum absolute atomic E-state index is 0.319. The summed E-state index contributed by atoms with van der Waals surface area (Å²) in [7, 11) is 0. The first kappa shape index (κ1) is 13.9. The van der Waals surface area contributed by atoms with E-state index in [0.717, 1.165) is 17.9 Å². The summed E-state index contributed by atoms with van der Waals surface area (Å²) in [6.45, 7) is 7.22. The summed E-state index contributed by atoms with van der Waals surface area (Å²) < 4.78 is 5.82. The molecule has 0 amide bonds. The number of para-hydroxylation sites is 1. The molecule has 3 rings (SSSR count). The summed E-state index contributed by atoms with van der Waals surface area (Å²) >= 11 is 0. The highest BCUT2D eigenvalue weighted by atomic mass is 16.3. The number of fused-ring (bicyclic) bond motifs is 1. The van der Waals surface area contributed by atoms with Crippen molar-refractivity contribution in [2.24, 2.45) is 0 Å². The third kappa shape index (κ3) is 2.72. The molecular formula is C19H21NO. The number of benzene rings is 2. The van der Waals surface area contributed by atoms with Crippen LogP contribution in [0.15, 0.2) is 52.9 Å². The fourth-order valence-electron chi connectivity index (χ4n) is 2.88. The Labute approximate surface area is 125 Å². The van der Waals surface area contributed by atoms with Crippen LogP contribution in [0.25, 0.3) is 11.0 Å². The van der Waals surface area contributed by atoms with E-state index in [1.165, 1.54) is 22.1 Å². The molecule has 1 aromatic heterocycles. The lowest BCUT2D eigenvalue weighted by molar-refractivity contribution is 0.543. The van der Waals surface area contributed by atoms with E-state index in [0.29, 0.717) is 6.04 Å². The van der Waals surface area contributed by atoms with E-state index in [-0.39, 0.29) is 0 Å². The van der Waals surface area contributed by atoms with Crippen molar-refractivity contribution in [1.82, 2.24) is 5.32 Å². The molecular weight excluding hydrogens is 258 g/mol. The third-order valence-electron chi connectivity index (χ3n) is 4.14. The van der Waals surface area contributed by atoms with Gasteiger partial charge in [0.2, 0.25) is 0 Å². The van der Waals surface area contributed by atoms with Gasteiger partial charge in [0.1, 0.15) is 11.3 Å². The van der Waals surface area contributed by atoms with Gasteiger partial charge < -0.3 is 9.73 Å². The van der Waals surface area contributed by atoms with Crippen LogP contribution in [0.4, 0.5) is 0 Å². The van der Waals surface area contributed by atoms with Crippen molar-refractivity contribution < 1.29 is 4.42 Å². The maximum Gasteiger partial charge on any atom is 0.134 e. The first-order chi connectivity index (χ1) is 10.2. The molecule has 2 nitrogen and oxygen atoms in total. The molecule has 2 heteroatoms. The summed E-state index contributed by atoms with van der Waals surface area (Å²) in [6.07, 6.45) is 0. The summed E-state index contributed by atoms with van der Waals surface area (Å²) in [5.74, 6) is 1.00. The van der Waals surface area contributed by atoms with Gasteiger partial charge in [0.05, 0.1) is 0 Å². The molecule has 108 valence electrons. The Bertz CT molecular complexity index is 757. The summed E-state index contributed by atoms with van der Waals surface area (Å²) in [6, 6.07) is 17.1. The molecule has 21 heavy (non-hydrogen) atoms. The molecule has 0 spiro atoms. The van der Waals surface area contributed by atoms with Gasteiger partial charge in [-0.15, -0.1) is 0 Å². The molecule has 3 aromatic rings. The maximum absolute atomic E-state index is 5.82. The van der Waals surface area contributed by atoms with Crippen LogP contribution in [0.2, 0.25) is 0 Å². The van der Waals surface area contributed by atoms with Crippen molar-refractivity contribution in [3.8, 4) is 0 Å². The molecule has 0 bridgehead atoms. The van der Waals surface area contributed by atoms with Crippen molar-refractivity contribution >= 4 is 11.0 Å². The first-order valence-electron chi connectivity index (χ1n) is 7.42.